The van der Waals surface area contributed by atoms with Crippen molar-refractivity contribution in [2.45, 2.75) is 57.8 Å². The summed E-state index contributed by atoms with van der Waals surface area (Å²) in [5.41, 5.74) is 38.4. The Morgan fingerprint density at radius 3 is 0.776 bits per heavy atom. The second-order valence-corrected chi connectivity index (χ2v) is 37.4. The van der Waals surface area contributed by atoms with E-state index in [0.717, 1.165) is 56.6 Å². The Labute approximate surface area is 785 Å². The lowest BCUT2D eigenvalue weighted by Crippen LogP contribution is -2.16. The van der Waals surface area contributed by atoms with Gasteiger partial charge in [0.25, 0.3) is 0 Å². The molecule has 1 heterocycles. The van der Waals surface area contributed by atoms with Crippen LogP contribution in [0.1, 0.15) is 74.9 Å². The highest BCUT2D eigenvalue weighted by Crippen LogP contribution is 2.55. The molecule has 0 unspecified atom stereocenters. The molecule has 0 bridgehead atoms. The number of pyridine rings is 1. The van der Waals surface area contributed by atoms with Crippen LogP contribution in [0.15, 0.2) is 486 Å². The summed E-state index contributed by atoms with van der Waals surface area (Å²) in [6.45, 7) is 14.1. The Kier molecular flexibility index (Phi) is 20.6. The number of anilines is 9. The van der Waals surface area contributed by atoms with Gasteiger partial charge in [0.2, 0.25) is 0 Å². The average Bonchev–Trinajstić information content (AvgIpc) is 1.59. The van der Waals surface area contributed by atoms with Crippen LogP contribution >= 0.6 is 0 Å². The zero-order valence-corrected chi connectivity index (χ0v) is 76.0. The molecule has 21 aromatic carbocycles. The van der Waals surface area contributed by atoms with Crippen LogP contribution in [0.25, 0.3) is 143 Å². The second kappa shape index (κ2) is 33.8. The molecule has 1 aromatic heterocycles. The highest BCUT2D eigenvalue weighted by molar-refractivity contribution is 5.99. The normalized spacial score (nSPS) is 13.0. The van der Waals surface area contributed by atoms with E-state index >= 15 is 0 Å². The van der Waals surface area contributed by atoms with Crippen molar-refractivity contribution in [2.24, 2.45) is 0 Å². The van der Waals surface area contributed by atoms with E-state index in [1.165, 1.54) is 171 Å². The molecule has 3 aliphatic carbocycles. The SMILES string of the molecule is CC1(C)c2ccccc2-c2ccc(N(c3ccc(-c4ccc5ccccc5c4)cc3)c3ccc(-c4cccc5ccccc45)cc3)cc21.CC1(C)c2ccccc2-c2ccc(N(c3ccc(-c4ccc5ccccc5c4)cc3)c3ccc4ccccc4c3)cc21.CC1(C)c2ccccc2-c2ccc(N(c3ccc(-c4cccnc4)cc3)c3ccc(-c4ccc5ccccc5c4)cc3)cc21. The molecule has 0 aliphatic heterocycles. The van der Waals surface area contributed by atoms with Gasteiger partial charge in [-0.2, -0.15) is 0 Å². The molecule has 0 atom stereocenters. The van der Waals surface area contributed by atoms with Crippen molar-refractivity contribution in [2.75, 3.05) is 14.7 Å². The molecular formula is C130H98N4. The van der Waals surface area contributed by atoms with Crippen LogP contribution in [-0.4, -0.2) is 4.98 Å². The third-order valence-corrected chi connectivity index (χ3v) is 28.4. The zero-order chi connectivity index (χ0) is 90.2. The Morgan fingerprint density at radius 2 is 0.410 bits per heavy atom. The highest BCUT2D eigenvalue weighted by Gasteiger charge is 2.39. The lowest BCUT2D eigenvalue weighted by Gasteiger charge is -2.28. The third-order valence-electron chi connectivity index (χ3n) is 28.4. The molecule has 4 heteroatoms. The second-order valence-electron chi connectivity index (χ2n) is 37.4. The summed E-state index contributed by atoms with van der Waals surface area (Å²) in [6, 6.07) is 173. The summed E-state index contributed by atoms with van der Waals surface area (Å²) in [7, 11) is 0. The molecule has 4 nitrogen and oxygen atoms in total. The lowest BCUT2D eigenvalue weighted by molar-refractivity contribution is 0.660. The first-order valence-corrected chi connectivity index (χ1v) is 46.7. The Balaban J connectivity index is 0.000000114. The summed E-state index contributed by atoms with van der Waals surface area (Å²) < 4.78 is 0. The van der Waals surface area contributed by atoms with E-state index in [-0.39, 0.29) is 16.2 Å². The minimum Gasteiger partial charge on any atom is -0.310 e. The fourth-order valence-electron chi connectivity index (χ4n) is 21.3. The maximum atomic E-state index is 4.32. The monoisotopic (exact) mass is 1710 g/mol. The summed E-state index contributed by atoms with van der Waals surface area (Å²) >= 11 is 0. The molecule has 22 aromatic rings. The third kappa shape index (κ3) is 14.9. The minimum absolute atomic E-state index is 0.0586. The van der Waals surface area contributed by atoms with Crippen molar-refractivity contribution >= 4 is 105 Å². The summed E-state index contributed by atoms with van der Waals surface area (Å²) in [4.78, 5) is 11.5. The Bertz CT molecular complexity index is 8250. The maximum Gasteiger partial charge on any atom is 0.0468 e. The van der Waals surface area contributed by atoms with E-state index in [1.807, 2.05) is 18.5 Å². The fraction of sp³-hybridized carbons (Fsp3) is 0.0692. The Hall–Kier alpha value is -16.5. The minimum atomic E-state index is -0.0776. The van der Waals surface area contributed by atoms with Gasteiger partial charge in [0.05, 0.1) is 0 Å². The van der Waals surface area contributed by atoms with Crippen molar-refractivity contribution in [3.8, 4) is 89.0 Å². The van der Waals surface area contributed by atoms with Gasteiger partial charge in [-0.3, -0.25) is 4.98 Å². The molecule has 0 amide bonds. The molecule has 638 valence electrons. The van der Waals surface area contributed by atoms with Gasteiger partial charge in [-0.05, 0) is 310 Å². The topological polar surface area (TPSA) is 22.6 Å². The highest BCUT2D eigenvalue weighted by atomic mass is 15.2. The van der Waals surface area contributed by atoms with Crippen LogP contribution in [0.4, 0.5) is 51.2 Å². The summed E-state index contributed by atoms with van der Waals surface area (Å²) in [5, 5.41) is 12.6. The molecular weight excluding hydrogens is 1620 g/mol. The standard InChI is InChI=1S/C47H35N.C42H32N2.C41H31N/c1-47(2)45-17-8-7-15-43(45)44-29-28-40(31-46(44)47)48(38-24-20-33(21-25-38)37-19-18-32-10-3-4-12-36(32)30-37)39-26-22-35(23-27-39)42-16-9-13-34-11-5-6-14-41(34)42;1-42(2)40-12-6-5-11-38(40)39-24-23-37(27-41(39)42)44(36-21-17-31(18-22-36)34-10-7-25-43-28-34)35-19-15-30(16-20-35)33-14-13-29-8-3-4-9-32(29)26-33;1-41(2)39-14-8-7-13-37(39)38-24-23-36(27-40(38)41)42(35-22-19-29-10-4-6-12-32(29)26-35)34-20-17-30(18-21-34)33-16-15-28-9-3-5-11-31(28)25-33/h3-31H,1-2H3;3-28H,1-2H3;3-27H,1-2H3. The number of aromatic nitrogens is 1. The predicted octanol–water partition coefficient (Wildman–Crippen LogP) is 35.9. The molecule has 134 heavy (non-hydrogen) atoms. The molecule has 0 N–H and O–H groups in total. The van der Waals surface area contributed by atoms with Crippen molar-refractivity contribution in [1.82, 2.24) is 4.98 Å². The van der Waals surface area contributed by atoms with E-state index in [9.17, 15) is 0 Å². The van der Waals surface area contributed by atoms with Crippen LogP contribution < -0.4 is 14.7 Å². The van der Waals surface area contributed by atoms with Gasteiger partial charge in [0.1, 0.15) is 0 Å². The van der Waals surface area contributed by atoms with Gasteiger partial charge in [-0.15, -0.1) is 0 Å². The van der Waals surface area contributed by atoms with E-state index < -0.39 is 0 Å². The van der Waals surface area contributed by atoms with Crippen molar-refractivity contribution in [3.63, 3.8) is 0 Å². The number of rotatable bonds is 14. The van der Waals surface area contributed by atoms with Crippen LogP contribution in [0, 0.1) is 0 Å². The van der Waals surface area contributed by atoms with E-state index in [0.29, 0.717) is 0 Å². The number of benzene rings is 21. The molecule has 0 saturated heterocycles. The number of hydrogen-bond acceptors (Lipinski definition) is 4. The first kappa shape index (κ1) is 81.9. The van der Waals surface area contributed by atoms with E-state index in [1.54, 1.807) is 0 Å². The van der Waals surface area contributed by atoms with Crippen LogP contribution in [0.5, 0.6) is 0 Å². The first-order valence-electron chi connectivity index (χ1n) is 46.7. The smallest absolute Gasteiger partial charge is 0.0468 e. The van der Waals surface area contributed by atoms with Crippen LogP contribution in [0.2, 0.25) is 0 Å². The van der Waals surface area contributed by atoms with Gasteiger partial charge in [-0.1, -0.05) is 381 Å². The average molecular weight is 1720 g/mol. The van der Waals surface area contributed by atoms with Gasteiger partial charge < -0.3 is 14.7 Å². The summed E-state index contributed by atoms with van der Waals surface area (Å²) in [5.74, 6) is 0. The quantitative estimate of drug-likeness (QED) is 0.108. The maximum absolute atomic E-state index is 4.32. The number of fused-ring (bicyclic) bond motifs is 14. The summed E-state index contributed by atoms with van der Waals surface area (Å²) in [6.07, 6.45) is 3.73. The van der Waals surface area contributed by atoms with Gasteiger partial charge in [0, 0.05) is 79.8 Å². The fourth-order valence-corrected chi connectivity index (χ4v) is 21.3. The zero-order valence-electron chi connectivity index (χ0n) is 76.0. The molecule has 25 rings (SSSR count). The molecule has 0 radical (unpaired) electrons. The number of hydrogen-bond donors (Lipinski definition) is 0. The van der Waals surface area contributed by atoms with E-state index in [2.05, 4.69) is 528 Å². The van der Waals surface area contributed by atoms with Crippen LogP contribution in [0.3, 0.4) is 0 Å². The van der Waals surface area contributed by atoms with Crippen molar-refractivity contribution < 1.29 is 0 Å². The predicted molar refractivity (Wildman–Crippen MR) is 569 cm³/mol. The van der Waals surface area contributed by atoms with Gasteiger partial charge >= 0.3 is 0 Å². The molecule has 3 aliphatic rings. The lowest BCUT2D eigenvalue weighted by atomic mass is 9.82. The molecule has 0 saturated carbocycles. The van der Waals surface area contributed by atoms with Crippen molar-refractivity contribution in [3.05, 3.63) is 519 Å². The van der Waals surface area contributed by atoms with Crippen LogP contribution in [-0.2, 0) is 16.2 Å². The van der Waals surface area contributed by atoms with Crippen molar-refractivity contribution in [1.29, 1.82) is 0 Å². The molecule has 0 fully saturated rings. The first-order chi connectivity index (χ1) is 65.7. The Morgan fingerprint density at radius 1 is 0.157 bits per heavy atom. The van der Waals surface area contributed by atoms with Gasteiger partial charge in [-0.25, -0.2) is 0 Å². The van der Waals surface area contributed by atoms with E-state index in [4.69, 9.17) is 0 Å². The number of nitrogens with zero attached hydrogens (tertiary/aromatic N) is 4. The van der Waals surface area contributed by atoms with Gasteiger partial charge in [0.15, 0.2) is 0 Å². The molecule has 0 spiro atoms. The largest absolute Gasteiger partial charge is 0.310 e.